The Kier molecular flexibility index (Phi) is 6.08. The van der Waals surface area contributed by atoms with Gasteiger partial charge in [0.2, 0.25) is 0 Å². The minimum atomic E-state index is 0.711. The van der Waals surface area contributed by atoms with E-state index in [1.54, 1.807) is 0 Å². The summed E-state index contributed by atoms with van der Waals surface area (Å²) in [5.41, 5.74) is 1.14. The third kappa shape index (κ3) is 4.75. The number of hydrogen-bond donors (Lipinski definition) is 2. The monoisotopic (exact) mass is 239 g/mol. The maximum atomic E-state index is 4.23. The number of hydrogen-bond acceptors (Lipinski definition) is 4. The SMILES string of the molecule is CCNc1cc(NCCC(C)SC)ccn1. The fraction of sp³-hybridized carbons (Fsp3) is 0.583. The van der Waals surface area contributed by atoms with Crippen molar-refractivity contribution in [2.45, 2.75) is 25.5 Å². The fourth-order valence-corrected chi connectivity index (χ4v) is 1.71. The zero-order valence-electron chi connectivity index (χ0n) is 10.3. The first kappa shape index (κ1) is 13.2. The van der Waals surface area contributed by atoms with Crippen molar-refractivity contribution in [2.75, 3.05) is 30.0 Å². The average molecular weight is 239 g/mol. The molecule has 16 heavy (non-hydrogen) atoms. The van der Waals surface area contributed by atoms with Crippen LogP contribution in [0.25, 0.3) is 0 Å². The zero-order valence-corrected chi connectivity index (χ0v) is 11.1. The van der Waals surface area contributed by atoms with Gasteiger partial charge in [-0.05, 0) is 25.7 Å². The van der Waals surface area contributed by atoms with E-state index in [0.717, 1.165) is 24.6 Å². The molecule has 2 N–H and O–H groups in total. The average Bonchev–Trinajstić information content (AvgIpc) is 2.30. The minimum absolute atomic E-state index is 0.711. The lowest BCUT2D eigenvalue weighted by atomic mass is 10.3. The summed E-state index contributed by atoms with van der Waals surface area (Å²) < 4.78 is 0. The van der Waals surface area contributed by atoms with Crippen LogP contribution >= 0.6 is 11.8 Å². The number of anilines is 2. The van der Waals surface area contributed by atoms with Gasteiger partial charge in [-0.15, -0.1) is 0 Å². The number of nitrogens with zero attached hydrogens (tertiary/aromatic N) is 1. The first-order valence-corrected chi connectivity index (χ1v) is 7.01. The summed E-state index contributed by atoms with van der Waals surface area (Å²) >= 11 is 1.91. The molecular formula is C12H21N3S. The van der Waals surface area contributed by atoms with Crippen molar-refractivity contribution in [2.24, 2.45) is 0 Å². The molecule has 0 fully saturated rings. The molecule has 0 saturated carbocycles. The second kappa shape index (κ2) is 7.39. The normalized spacial score (nSPS) is 12.2. The van der Waals surface area contributed by atoms with Crippen LogP contribution in [0.15, 0.2) is 18.3 Å². The summed E-state index contributed by atoms with van der Waals surface area (Å²) in [5.74, 6) is 0.936. The Hall–Kier alpha value is -0.900. The van der Waals surface area contributed by atoms with Gasteiger partial charge < -0.3 is 10.6 Å². The number of pyridine rings is 1. The summed E-state index contributed by atoms with van der Waals surface area (Å²) in [4.78, 5) is 4.23. The summed E-state index contributed by atoms with van der Waals surface area (Å²) in [6, 6.07) is 4.05. The van der Waals surface area contributed by atoms with E-state index in [1.165, 1.54) is 6.42 Å². The second-order valence-corrected chi connectivity index (χ2v) is 5.00. The van der Waals surface area contributed by atoms with E-state index in [-0.39, 0.29) is 0 Å². The lowest BCUT2D eigenvalue weighted by Gasteiger charge is -2.11. The number of nitrogens with one attached hydrogen (secondary N) is 2. The summed E-state index contributed by atoms with van der Waals surface area (Å²) in [6.07, 6.45) is 5.17. The van der Waals surface area contributed by atoms with Gasteiger partial charge in [0.1, 0.15) is 5.82 Å². The van der Waals surface area contributed by atoms with Gasteiger partial charge in [0.05, 0.1) is 0 Å². The highest BCUT2D eigenvalue weighted by atomic mass is 32.2. The lowest BCUT2D eigenvalue weighted by molar-refractivity contribution is 0.853. The molecule has 0 radical (unpaired) electrons. The van der Waals surface area contributed by atoms with Gasteiger partial charge in [0.15, 0.2) is 0 Å². The van der Waals surface area contributed by atoms with E-state index >= 15 is 0 Å². The van der Waals surface area contributed by atoms with Crippen LogP contribution in [0.4, 0.5) is 11.5 Å². The van der Waals surface area contributed by atoms with Crippen LogP contribution in [0.5, 0.6) is 0 Å². The molecule has 0 amide bonds. The molecular weight excluding hydrogens is 218 g/mol. The highest BCUT2D eigenvalue weighted by Gasteiger charge is 1.99. The molecule has 0 aliphatic heterocycles. The van der Waals surface area contributed by atoms with Gasteiger partial charge in [-0.25, -0.2) is 4.98 Å². The Morgan fingerprint density at radius 3 is 2.94 bits per heavy atom. The molecule has 1 heterocycles. The van der Waals surface area contributed by atoms with Crippen LogP contribution in [-0.4, -0.2) is 29.6 Å². The van der Waals surface area contributed by atoms with Gasteiger partial charge in [0.25, 0.3) is 0 Å². The largest absolute Gasteiger partial charge is 0.385 e. The van der Waals surface area contributed by atoms with Crippen molar-refractivity contribution in [1.29, 1.82) is 0 Å². The molecule has 0 saturated heterocycles. The molecule has 0 aromatic carbocycles. The van der Waals surface area contributed by atoms with Crippen molar-refractivity contribution in [3.8, 4) is 0 Å². The zero-order chi connectivity index (χ0) is 11.8. The van der Waals surface area contributed by atoms with Crippen molar-refractivity contribution in [1.82, 2.24) is 4.98 Å². The predicted molar refractivity (Wildman–Crippen MR) is 74.5 cm³/mol. The van der Waals surface area contributed by atoms with E-state index in [9.17, 15) is 0 Å². The van der Waals surface area contributed by atoms with E-state index < -0.39 is 0 Å². The minimum Gasteiger partial charge on any atom is -0.385 e. The first-order valence-electron chi connectivity index (χ1n) is 5.72. The van der Waals surface area contributed by atoms with E-state index in [2.05, 4.69) is 35.7 Å². The van der Waals surface area contributed by atoms with Crippen LogP contribution < -0.4 is 10.6 Å². The summed E-state index contributed by atoms with van der Waals surface area (Å²) in [6.45, 7) is 6.24. The third-order valence-electron chi connectivity index (χ3n) is 2.40. The number of thioether (sulfide) groups is 1. The van der Waals surface area contributed by atoms with Crippen LogP contribution in [0, 0.1) is 0 Å². The fourth-order valence-electron chi connectivity index (χ4n) is 1.36. The molecule has 0 aliphatic rings. The van der Waals surface area contributed by atoms with Crippen LogP contribution in [0.2, 0.25) is 0 Å². The van der Waals surface area contributed by atoms with Gasteiger partial charge >= 0.3 is 0 Å². The Labute approximate surface area is 102 Å². The molecule has 0 aliphatic carbocycles. The van der Waals surface area contributed by atoms with Crippen LogP contribution in [-0.2, 0) is 0 Å². The highest BCUT2D eigenvalue weighted by Crippen LogP contribution is 2.13. The van der Waals surface area contributed by atoms with Gasteiger partial charge in [-0.3, -0.25) is 0 Å². The standard InChI is InChI=1S/C12H21N3S/c1-4-13-12-9-11(6-8-15-12)14-7-5-10(2)16-3/h6,8-10H,4-5,7H2,1-3H3,(H2,13,14,15). The van der Waals surface area contributed by atoms with Gasteiger partial charge in [0, 0.05) is 36.3 Å². The molecule has 0 bridgehead atoms. The van der Waals surface area contributed by atoms with Gasteiger partial charge in [-0.2, -0.15) is 11.8 Å². The maximum absolute atomic E-state index is 4.23. The van der Waals surface area contributed by atoms with E-state index in [4.69, 9.17) is 0 Å². The van der Waals surface area contributed by atoms with Crippen molar-refractivity contribution < 1.29 is 0 Å². The van der Waals surface area contributed by atoms with Crippen molar-refractivity contribution >= 4 is 23.3 Å². The van der Waals surface area contributed by atoms with Crippen LogP contribution in [0.3, 0.4) is 0 Å². The quantitative estimate of drug-likeness (QED) is 0.767. The van der Waals surface area contributed by atoms with Gasteiger partial charge in [-0.1, -0.05) is 6.92 Å². The molecule has 3 nitrogen and oxygen atoms in total. The number of aromatic nitrogens is 1. The Balaban J connectivity index is 2.38. The lowest BCUT2D eigenvalue weighted by Crippen LogP contribution is -2.08. The summed E-state index contributed by atoms with van der Waals surface area (Å²) in [5, 5.41) is 7.33. The molecule has 1 atom stereocenters. The van der Waals surface area contributed by atoms with Crippen molar-refractivity contribution in [3.05, 3.63) is 18.3 Å². The van der Waals surface area contributed by atoms with Crippen molar-refractivity contribution in [3.63, 3.8) is 0 Å². The molecule has 1 rings (SSSR count). The second-order valence-electron chi connectivity index (χ2n) is 3.72. The molecule has 4 heteroatoms. The highest BCUT2D eigenvalue weighted by molar-refractivity contribution is 7.99. The Morgan fingerprint density at radius 1 is 1.44 bits per heavy atom. The number of rotatable bonds is 7. The first-order chi connectivity index (χ1) is 7.76. The Bertz CT molecular complexity index is 304. The molecule has 1 aromatic heterocycles. The maximum Gasteiger partial charge on any atom is 0.127 e. The summed E-state index contributed by atoms with van der Waals surface area (Å²) in [7, 11) is 0. The molecule has 1 unspecified atom stereocenters. The van der Waals surface area contributed by atoms with E-state index in [1.807, 2.05) is 30.1 Å². The van der Waals surface area contributed by atoms with E-state index in [0.29, 0.717) is 5.25 Å². The molecule has 90 valence electrons. The van der Waals surface area contributed by atoms with Crippen LogP contribution in [0.1, 0.15) is 20.3 Å². The Morgan fingerprint density at radius 2 is 2.25 bits per heavy atom. The predicted octanol–water partition coefficient (Wildman–Crippen LogP) is 3.07. The smallest absolute Gasteiger partial charge is 0.127 e. The molecule has 0 spiro atoms. The topological polar surface area (TPSA) is 37.0 Å². The third-order valence-corrected chi connectivity index (χ3v) is 3.44. The molecule has 1 aromatic rings.